The second-order valence-electron chi connectivity index (χ2n) is 6.98. The minimum Gasteiger partial charge on any atom is -0.287 e. The van der Waals surface area contributed by atoms with Crippen LogP contribution in [-0.4, -0.2) is 21.2 Å². The number of hydroxylamine groups is 1. The molecule has 8 heteroatoms. The zero-order valence-corrected chi connectivity index (χ0v) is 17.9. The first-order chi connectivity index (χ1) is 14.2. The molecule has 1 N–H and O–H groups in total. The van der Waals surface area contributed by atoms with Crippen molar-refractivity contribution in [3.05, 3.63) is 56.7 Å². The first kappa shape index (κ1) is 20.1. The minimum atomic E-state index is -0.253. The van der Waals surface area contributed by atoms with E-state index in [0.717, 1.165) is 41.5 Å². The Balaban J connectivity index is 1.45. The third-order valence-electron chi connectivity index (χ3n) is 4.84. The summed E-state index contributed by atoms with van der Waals surface area (Å²) in [6, 6.07) is 9.64. The molecule has 6 nitrogen and oxygen atoms in total. The van der Waals surface area contributed by atoms with Gasteiger partial charge in [-0.3, -0.25) is 19.0 Å². The number of rotatable bonds is 8. The largest absolute Gasteiger partial charge is 0.287 e. The molecule has 1 aliphatic carbocycles. The third-order valence-corrected chi connectivity index (χ3v) is 7.00. The minimum absolute atomic E-state index is 0.0273. The molecule has 0 atom stereocenters. The number of nitrogens with one attached hydrogen (secondary N) is 1. The van der Waals surface area contributed by atoms with E-state index in [1.807, 2.05) is 37.3 Å². The number of hydrogen-bond donors (Lipinski definition) is 1. The van der Waals surface area contributed by atoms with Crippen molar-refractivity contribution in [1.82, 2.24) is 15.0 Å². The fourth-order valence-corrected chi connectivity index (χ4v) is 5.64. The summed E-state index contributed by atoms with van der Waals surface area (Å²) >= 11 is 2.90. The normalized spacial score (nSPS) is 13.0. The average molecular weight is 430 g/mol. The lowest BCUT2D eigenvalue weighted by Crippen LogP contribution is -2.27. The average Bonchev–Trinajstić information content (AvgIpc) is 3.30. The van der Waals surface area contributed by atoms with E-state index in [-0.39, 0.29) is 17.2 Å². The van der Waals surface area contributed by atoms with Crippen molar-refractivity contribution < 1.29 is 9.63 Å². The van der Waals surface area contributed by atoms with Crippen LogP contribution in [-0.2, 0) is 35.6 Å². The molecule has 1 aromatic carbocycles. The Morgan fingerprint density at radius 3 is 2.93 bits per heavy atom. The molecule has 0 spiro atoms. The summed E-state index contributed by atoms with van der Waals surface area (Å²) in [5.41, 5.74) is 4.66. The van der Waals surface area contributed by atoms with Crippen LogP contribution in [0, 0.1) is 0 Å². The van der Waals surface area contributed by atoms with Gasteiger partial charge in [0.25, 0.3) is 11.5 Å². The molecule has 0 saturated carbocycles. The zero-order valence-electron chi connectivity index (χ0n) is 16.3. The fraction of sp³-hybridized carbons (Fsp3) is 0.381. The second-order valence-corrected chi connectivity index (χ2v) is 9.00. The summed E-state index contributed by atoms with van der Waals surface area (Å²) in [4.78, 5) is 37.4. The number of thiophene rings is 1. The van der Waals surface area contributed by atoms with E-state index in [9.17, 15) is 9.59 Å². The predicted molar refractivity (Wildman–Crippen MR) is 116 cm³/mol. The Morgan fingerprint density at radius 2 is 2.14 bits per heavy atom. The highest BCUT2D eigenvalue weighted by Crippen LogP contribution is 2.35. The van der Waals surface area contributed by atoms with E-state index in [0.29, 0.717) is 18.3 Å². The number of aryl methyl sites for hydroxylation is 2. The summed E-state index contributed by atoms with van der Waals surface area (Å²) in [5, 5.41) is 1.39. The number of carbonyl (C=O) groups is 1. The smallest absolute Gasteiger partial charge is 0.263 e. The van der Waals surface area contributed by atoms with E-state index in [1.165, 1.54) is 22.2 Å². The SMILES string of the molecule is CCCn1c(SCC(=O)NOCc2ccccc2)nc2sc3c(c2c1=O)CCC3. The molecule has 0 saturated heterocycles. The molecule has 4 rings (SSSR count). The van der Waals surface area contributed by atoms with Gasteiger partial charge in [0.05, 0.1) is 17.7 Å². The highest BCUT2D eigenvalue weighted by molar-refractivity contribution is 7.99. The summed E-state index contributed by atoms with van der Waals surface area (Å²) in [6.07, 6.45) is 3.95. The number of thioether (sulfide) groups is 1. The highest BCUT2D eigenvalue weighted by Gasteiger charge is 2.23. The van der Waals surface area contributed by atoms with Gasteiger partial charge in [-0.25, -0.2) is 10.5 Å². The van der Waals surface area contributed by atoms with Gasteiger partial charge in [-0.1, -0.05) is 49.0 Å². The van der Waals surface area contributed by atoms with Crippen molar-refractivity contribution >= 4 is 39.2 Å². The van der Waals surface area contributed by atoms with Gasteiger partial charge in [0.2, 0.25) is 0 Å². The fourth-order valence-electron chi connectivity index (χ4n) is 3.52. The van der Waals surface area contributed by atoms with Gasteiger partial charge in [-0.2, -0.15) is 0 Å². The number of amides is 1. The Kier molecular flexibility index (Phi) is 6.32. The van der Waals surface area contributed by atoms with Crippen molar-refractivity contribution in [2.45, 2.75) is 50.9 Å². The quantitative estimate of drug-likeness (QED) is 0.336. The summed E-state index contributed by atoms with van der Waals surface area (Å²) < 4.78 is 1.72. The summed E-state index contributed by atoms with van der Waals surface area (Å²) in [7, 11) is 0. The molecular formula is C21H23N3O3S2. The molecule has 152 valence electrons. The molecule has 0 unspecified atom stereocenters. The first-order valence-corrected chi connectivity index (χ1v) is 11.6. The molecule has 29 heavy (non-hydrogen) atoms. The lowest BCUT2D eigenvalue weighted by Gasteiger charge is -2.11. The number of carbonyl (C=O) groups excluding carboxylic acids is 1. The van der Waals surface area contributed by atoms with Gasteiger partial charge < -0.3 is 0 Å². The van der Waals surface area contributed by atoms with E-state index >= 15 is 0 Å². The number of fused-ring (bicyclic) bond motifs is 3. The molecule has 2 aromatic heterocycles. The van der Waals surface area contributed by atoms with Crippen molar-refractivity contribution in [2.75, 3.05) is 5.75 Å². The molecule has 0 radical (unpaired) electrons. The Labute approximate surface area is 177 Å². The Hall–Kier alpha value is -2.16. The summed E-state index contributed by atoms with van der Waals surface area (Å²) in [6.45, 7) is 2.94. The van der Waals surface area contributed by atoms with Crippen molar-refractivity contribution in [2.24, 2.45) is 0 Å². The molecule has 0 fully saturated rings. The van der Waals surface area contributed by atoms with Gasteiger partial charge in [0.1, 0.15) is 4.83 Å². The van der Waals surface area contributed by atoms with Crippen molar-refractivity contribution in [1.29, 1.82) is 0 Å². The highest BCUT2D eigenvalue weighted by atomic mass is 32.2. The molecule has 0 bridgehead atoms. The van der Waals surface area contributed by atoms with Crippen LogP contribution in [0.3, 0.4) is 0 Å². The molecule has 1 aliphatic rings. The van der Waals surface area contributed by atoms with E-state index in [2.05, 4.69) is 5.48 Å². The molecule has 1 amide bonds. The van der Waals surface area contributed by atoms with Crippen LogP contribution in [0.2, 0.25) is 0 Å². The van der Waals surface area contributed by atoms with Crippen LogP contribution in [0.1, 0.15) is 35.8 Å². The number of aromatic nitrogens is 2. The van der Waals surface area contributed by atoms with Gasteiger partial charge in [-0.15, -0.1) is 11.3 Å². The molecule has 2 heterocycles. The van der Waals surface area contributed by atoms with Crippen LogP contribution in [0.5, 0.6) is 0 Å². The second kappa shape index (κ2) is 9.11. The van der Waals surface area contributed by atoms with E-state index < -0.39 is 0 Å². The van der Waals surface area contributed by atoms with Crippen molar-refractivity contribution in [3.63, 3.8) is 0 Å². The predicted octanol–water partition coefficient (Wildman–Crippen LogP) is 3.70. The van der Waals surface area contributed by atoms with Crippen LogP contribution in [0.4, 0.5) is 0 Å². The molecule has 0 aliphatic heterocycles. The number of nitrogens with zero attached hydrogens (tertiary/aromatic N) is 2. The van der Waals surface area contributed by atoms with Gasteiger partial charge in [-0.05, 0) is 36.8 Å². The Bertz CT molecular complexity index is 1080. The monoisotopic (exact) mass is 429 g/mol. The Morgan fingerprint density at radius 1 is 1.31 bits per heavy atom. The maximum absolute atomic E-state index is 13.1. The van der Waals surface area contributed by atoms with Crippen LogP contribution in [0.15, 0.2) is 40.3 Å². The maximum Gasteiger partial charge on any atom is 0.263 e. The van der Waals surface area contributed by atoms with E-state index in [1.54, 1.807) is 15.9 Å². The van der Waals surface area contributed by atoms with Gasteiger partial charge in [0, 0.05) is 11.4 Å². The lowest BCUT2D eigenvalue weighted by atomic mass is 10.2. The maximum atomic E-state index is 13.1. The summed E-state index contributed by atoms with van der Waals surface area (Å²) in [5.74, 6) is -0.112. The van der Waals surface area contributed by atoms with Gasteiger partial charge in [0.15, 0.2) is 5.16 Å². The van der Waals surface area contributed by atoms with Crippen molar-refractivity contribution in [3.8, 4) is 0 Å². The first-order valence-electron chi connectivity index (χ1n) is 9.79. The van der Waals surface area contributed by atoms with Crippen LogP contribution in [0.25, 0.3) is 10.2 Å². The lowest BCUT2D eigenvalue weighted by molar-refractivity contribution is -0.131. The topological polar surface area (TPSA) is 73.2 Å². The number of benzene rings is 1. The van der Waals surface area contributed by atoms with E-state index in [4.69, 9.17) is 9.82 Å². The third kappa shape index (κ3) is 4.39. The molecular weight excluding hydrogens is 406 g/mol. The van der Waals surface area contributed by atoms with Crippen LogP contribution < -0.4 is 11.0 Å². The zero-order chi connectivity index (χ0) is 20.2. The molecule has 3 aromatic rings. The van der Waals surface area contributed by atoms with Crippen LogP contribution >= 0.6 is 23.1 Å². The van der Waals surface area contributed by atoms with Gasteiger partial charge >= 0.3 is 0 Å². The number of hydrogen-bond acceptors (Lipinski definition) is 6. The standard InChI is InChI=1S/C21H23N3O3S2/c1-2-11-24-20(26)18-15-9-6-10-16(15)29-19(18)22-21(24)28-13-17(25)23-27-12-14-7-4-3-5-8-14/h3-5,7-8H,2,6,9-13H2,1H3,(H,23,25).